The Kier molecular flexibility index (Phi) is 4.65. The van der Waals surface area contributed by atoms with E-state index < -0.39 is 0 Å². The van der Waals surface area contributed by atoms with E-state index in [1.807, 2.05) is 59.3 Å². The molecule has 4 aromatic rings. The standard InChI is InChI=1S/C22H12Cl2N2S2/c23-15-5-1-3-13(11-15)19-17-7-9-27-21(17)26-20(14-4-2-6-16(24)12-14)18-8-10-28-22(18)25-19/h1-12H/b19-17?,20-18?,25-19-,25-22?,26-20-,26-21?. The monoisotopic (exact) mass is 438 g/mol. The lowest BCUT2D eigenvalue weighted by atomic mass is 10.0. The molecule has 2 aromatic carbocycles. The van der Waals surface area contributed by atoms with Crippen LogP contribution in [0.5, 0.6) is 0 Å². The SMILES string of the molecule is Clc1cccc(/C2=N/c3sccc3/C(c3cccc(Cl)c3)=N\c3sccc32)c1. The van der Waals surface area contributed by atoms with Crippen LogP contribution in [0.15, 0.2) is 81.4 Å². The van der Waals surface area contributed by atoms with Crippen molar-refractivity contribution in [2.45, 2.75) is 0 Å². The molecule has 0 fully saturated rings. The normalized spacial score (nSPS) is 16.8. The van der Waals surface area contributed by atoms with Gasteiger partial charge in [-0.25, -0.2) is 9.98 Å². The van der Waals surface area contributed by atoms with Gasteiger partial charge in [-0.1, -0.05) is 47.5 Å². The molecule has 28 heavy (non-hydrogen) atoms. The first-order valence-electron chi connectivity index (χ1n) is 8.54. The molecule has 5 rings (SSSR count). The van der Waals surface area contributed by atoms with Crippen LogP contribution < -0.4 is 0 Å². The lowest BCUT2D eigenvalue weighted by molar-refractivity contribution is 1.47. The first-order chi connectivity index (χ1) is 13.7. The van der Waals surface area contributed by atoms with E-state index in [1.165, 1.54) is 0 Å². The molecule has 0 saturated heterocycles. The van der Waals surface area contributed by atoms with Gasteiger partial charge in [0.25, 0.3) is 0 Å². The Balaban J connectivity index is 1.77. The van der Waals surface area contributed by atoms with Gasteiger partial charge < -0.3 is 0 Å². The van der Waals surface area contributed by atoms with Crippen LogP contribution in [0.2, 0.25) is 10.0 Å². The molecule has 0 spiro atoms. The molecule has 1 aliphatic rings. The molecule has 0 unspecified atom stereocenters. The number of hydrogen-bond donors (Lipinski definition) is 0. The summed E-state index contributed by atoms with van der Waals surface area (Å²) >= 11 is 15.7. The maximum absolute atomic E-state index is 6.25. The summed E-state index contributed by atoms with van der Waals surface area (Å²) in [4.78, 5) is 10.1. The van der Waals surface area contributed by atoms with Gasteiger partial charge in [-0.15, -0.1) is 22.7 Å². The number of rotatable bonds is 2. The van der Waals surface area contributed by atoms with E-state index in [9.17, 15) is 0 Å². The maximum atomic E-state index is 6.25. The summed E-state index contributed by atoms with van der Waals surface area (Å²) < 4.78 is 0. The third-order valence-corrected chi connectivity index (χ3v) is 6.51. The minimum Gasteiger partial charge on any atom is -0.236 e. The molecule has 0 amide bonds. The Labute approximate surface area is 180 Å². The summed E-state index contributed by atoms with van der Waals surface area (Å²) in [7, 11) is 0. The number of halogens is 2. The third kappa shape index (κ3) is 3.23. The molecule has 0 radical (unpaired) electrons. The van der Waals surface area contributed by atoms with Crippen molar-refractivity contribution in [3.63, 3.8) is 0 Å². The van der Waals surface area contributed by atoms with Crippen molar-refractivity contribution in [2.24, 2.45) is 9.98 Å². The molecule has 0 aliphatic carbocycles. The van der Waals surface area contributed by atoms with Gasteiger partial charge in [0.15, 0.2) is 0 Å². The zero-order valence-corrected chi connectivity index (χ0v) is 17.5. The zero-order chi connectivity index (χ0) is 19.1. The average molecular weight is 439 g/mol. The minimum absolute atomic E-state index is 0.688. The van der Waals surface area contributed by atoms with Crippen LogP contribution in [0.25, 0.3) is 0 Å². The Hall–Kier alpha value is -2.24. The fourth-order valence-electron chi connectivity index (χ4n) is 3.17. The Morgan fingerprint density at radius 1 is 0.607 bits per heavy atom. The second-order valence-corrected chi connectivity index (χ2v) is 8.88. The summed E-state index contributed by atoms with van der Waals surface area (Å²) in [5.41, 5.74) is 5.74. The quantitative estimate of drug-likeness (QED) is 0.268. The van der Waals surface area contributed by atoms with Gasteiger partial charge in [-0.05, 0) is 47.2 Å². The summed E-state index contributed by atoms with van der Waals surface area (Å²) in [5, 5.41) is 7.31. The molecule has 3 heterocycles. The first-order valence-corrected chi connectivity index (χ1v) is 11.1. The van der Waals surface area contributed by atoms with E-state index in [4.69, 9.17) is 33.2 Å². The molecule has 2 aromatic heterocycles. The van der Waals surface area contributed by atoms with Gasteiger partial charge >= 0.3 is 0 Å². The predicted octanol–water partition coefficient (Wildman–Crippen LogP) is 7.77. The molecule has 0 saturated carbocycles. The predicted molar refractivity (Wildman–Crippen MR) is 122 cm³/mol. The van der Waals surface area contributed by atoms with E-state index in [0.29, 0.717) is 10.0 Å². The molecule has 2 nitrogen and oxygen atoms in total. The van der Waals surface area contributed by atoms with Crippen molar-refractivity contribution >= 4 is 67.3 Å². The van der Waals surface area contributed by atoms with Crippen molar-refractivity contribution in [1.82, 2.24) is 0 Å². The number of hydrogen-bond acceptors (Lipinski definition) is 4. The smallest absolute Gasteiger partial charge is 0.126 e. The summed E-state index contributed by atoms with van der Waals surface area (Å²) in [6.45, 7) is 0. The highest BCUT2D eigenvalue weighted by atomic mass is 35.5. The van der Waals surface area contributed by atoms with Crippen molar-refractivity contribution < 1.29 is 0 Å². The fraction of sp³-hybridized carbons (Fsp3) is 0. The highest BCUT2D eigenvalue weighted by Gasteiger charge is 2.21. The number of benzene rings is 2. The molecule has 6 heteroatoms. The third-order valence-electron chi connectivity index (χ3n) is 4.42. The van der Waals surface area contributed by atoms with Gasteiger partial charge in [0.05, 0.1) is 11.4 Å². The maximum Gasteiger partial charge on any atom is 0.126 e. The van der Waals surface area contributed by atoms with Gasteiger partial charge in [-0.2, -0.15) is 0 Å². The van der Waals surface area contributed by atoms with E-state index in [1.54, 1.807) is 22.7 Å². The minimum atomic E-state index is 0.688. The van der Waals surface area contributed by atoms with Crippen LogP contribution in [0.3, 0.4) is 0 Å². The van der Waals surface area contributed by atoms with Crippen LogP contribution in [0.1, 0.15) is 22.3 Å². The van der Waals surface area contributed by atoms with E-state index in [-0.39, 0.29) is 0 Å². The van der Waals surface area contributed by atoms with Gasteiger partial charge in [0.1, 0.15) is 10.0 Å². The average Bonchev–Trinajstić information content (AvgIpc) is 3.31. The summed E-state index contributed by atoms with van der Waals surface area (Å²) in [5.74, 6) is 0. The second kappa shape index (κ2) is 7.30. The number of fused-ring (bicyclic) bond motifs is 2. The van der Waals surface area contributed by atoms with Crippen LogP contribution in [0, 0.1) is 0 Å². The lowest BCUT2D eigenvalue weighted by Gasteiger charge is -2.13. The topological polar surface area (TPSA) is 24.7 Å². The van der Waals surface area contributed by atoms with Gasteiger partial charge in [0.2, 0.25) is 0 Å². The molecule has 0 atom stereocenters. The van der Waals surface area contributed by atoms with E-state index in [2.05, 4.69) is 12.1 Å². The highest BCUT2D eigenvalue weighted by Crippen LogP contribution is 2.38. The van der Waals surface area contributed by atoms with Gasteiger partial charge in [0, 0.05) is 32.3 Å². The largest absolute Gasteiger partial charge is 0.236 e. The lowest BCUT2D eigenvalue weighted by Crippen LogP contribution is -2.07. The first kappa shape index (κ1) is 17.8. The number of nitrogens with zero attached hydrogens (tertiary/aromatic N) is 2. The molecule has 136 valence electrons. The van der Waals surface area contributed by atoms with Crippen LogP contribution in [-0.2, 0) is 0 Å². The van der Waals surface area contributed by atoms with Crippen molar-refractivity contribution in [1.29, 1.82) is 0 Å². The van der Waals surface area contributed by atoms with Crippen molar-refractivity contribution in [3.05, 3.63) is 104 Å². The van der Waals surface area contributed by atoms with Crippen molar-refractivity contribution in [3.8, 4) is 0 Å². The van der Waals surface area contributed by atoms with Crippen molar-refractivity contribution in [2.75, 3.05) is 0 Å². The van der Waals surface area contributed by atoms with E-state index >= 15 is 0 Å². The highest BCUT2D eigenvalue weighted by molar-refractivity contribution is 7.15. The number of thiophene rings is 2. The second-order valence-electron chi connectivity index (χ2n) is 6.22. The summed E-state index contributed by atoms with van der Waals surface area (Å²) in [6.07, 6.45) is 0. The molecular weight excluding hydrogens is 427 g/mol. The van der Waals surface area contributed by atoms with Gasteiger partial charge in [-0.3, -0.25) is 0 Å². The van der Waals surface area contributed by atoms with Crippen LogP contribution >= 0.6 is 45.9 Å². The van der Waals surface area contributed by atoms with Crippen LogP contribution in [-0.4, -0.2) is 11.4 Å². The Morgan fingerprint density at radius 2 is 1.07 bits per heavy atom. The van der Waals surface area contributed by atoms with E-state index in [0.717, 1.165) is 43.7 Å². The Bertz CT molecular complexity index is 1150. The molecule has 1 aliphatic heterocycles. The molecule has 0 bridgehead atoms. The number of aliphatic imine (C=N–C) groups is 2. The summed E-state index contributed by atoms with van der Waals surface area (Å²) in [6, 6.07) is 19.7. The molecule has 0 N–H and O–H groups in total. The fourth-order valence-corrected chi connectivity index (χ4v) is 5.09. The molecular formula is C22H12Cl2N2S2. The van der Waals surface area contributed by atoms with Crippen LogP contribution in [0.4, 0.5) is 10.0 Å². The Morgan fingerprint density at radius 3 is 1.50 bits per heavy atom. The zero-order valence-electron chi connectivity index (χ0n) is 14.4.